The van der Waals surface area contributed by atoms with Crippen LogP contribution in [0.1, 0.15) is 25.7 Å². The van der Waals surface area contributed by atoms with Gasteiger partial charge in [-0.3, -0.25) is 9.69 Å². The van der Waals surface area contributed by atoms with E-state index in [0.717, 1.165) is 17.5 Å². The molecule has 1 aromatic heterocycles. The molecule has 6 heteroatoms. The van der Waals surface area contributed by atoms with Gasteiger partial charge in [0, 0.05) is 35.2 Å². The molecule has 0 bridgehead atoms. The number of hydrogen-bond acceptors (Lipinski definition) is 5. The Balaban J connectivity index is 1.57. The summed E-state index contributed by atoms with van der Waals surface area (Å²) in [6.45, 7) is 1.55. The number of hydrogen-bond donors (Lipinski definition) is 1. The normalized spacial score (nSPS) is 27.8. The molecule has 1 aliphatic heterocycles. The maximum atomic E-state index is 12.1. The van der Waals surface area contributed by atoms with E-state index in [1.54, 1.807) is 6.20 Å². The summed E-state index contributed by atoms with van der Waals surface area (Å²) in [6, 6.07) is 0.606. The van der Waals surface area contributed by atoms with Gasteiger partial charge in [0.25, 0.3) is 0 Å². The van der Waals surface area contributed by atoms with E-state index in [4.69, 9.17) is 0 Å². The van der Waals surface area contributed by atoms with Crippen LogP contribution in [0.5, 0.6) is 0 Å². The molecule has 0 unspecified atom stereocenters. The number of thioether (sulfide) groups is 1. The quantitative estimate of drug-likeness (QED) is 0.931. The van der Waals surface area contributed by atoms with Crippen LogP contribution in [0.25, 0.3) is 0 Å². The van der Waals surface area contributed by atoms with Crippen LogP contribution in [0.4, 0.5) is 5.13 Å². The van der Waals surface area contributed by atoms with Crippen molar-refractivity contribution in [2.24, 2.45) is 0 Å². The van der Waals surface area contributed by atoms with Crippen LogP contribution in [-0.2, 0) is 4.79 Å². The minimum absolute atomic E-state index is 0.0752. The maximum absolute atomic E-state index is 12.1. The Morgan fingerprint density at radius 2 is 2.37 bits per heavy atom. The van der Waals surface area contributed by atoms with Crippen molar-refractivity contribution in [3.63, 3.8) is 0 Å². The van der Waals surface area contributed by atoms with E-state index in [9.17, 15) is 4.79 Å². The lowest BCUT2D eigenvalue weighted by Gasteiger charge is -2.43. The van der Waals surface area contributed by atoms with Gasteiger partial charge < -0.3 is 5.32 Å². The first-order valence-electron chi connectivity index (χ1n) is 6.88. The van der Waals surface area contributed by atoms with Crippen molar-refractivity contribution in [3.05, 3.63) is 11.6 Å². The summed E-state index contributed by atoms with van der Waals surface area (Å²) < 4.78 is 0. The van der Waals surface area contributed by atoms with E-state index < -0.39 is 0 Å². The number of anilines is 1. The lowest BCUT2D eigenvalue weighted by molar-refractivity contribution is -0.118. The van der Waals surface area contributed by atoms with Gasteiger partial charge in [0.1, 0.15) is 0 Å². The molecule has 2 atom stereocenters. The summed E-state index contributed by atoms with van der Waals surface area (Å²) in [6.07, 6.45) is 6.96. The first-order chi connectivity index (χ1) is 9.33. The maximum Gasteiger partial charge on any atom is 0.240 e. The molecule has 2 heterocycles. The molecule has 19 heavy (non-hydrogen) atoms. The predicted octanol–water partition coefficient (Wildman–Crippen LogP) is 2.44. The van der Waals surface area contributed by atoms with Crippen molar-refractivity contribution in [2.75, 3.05) is 24.2 Å². The van der Waals surface area contributed by atoms with E-state index in [-0.39, 0.29) is 5.91 Å². The standard InChI is InChI=1S/C13H19N3OS2/c17-12(15-13-14-5-7-19-13)9-16-6-8-18-11-4-2-1-3-10(11)16/h5,7,10-11H,1-4,6,8-9H2,(H,14,15,17)/t10-,11+/m0/s1. The van der Waals surface area contributed by atoms with Crippen molar-refractivity contribution in [1.29, 1.82) is 0 Å². The van der Waals surface area contributed by atoms with Crippen molar-refractivity contribution in [3.8, 4) is 0 Å². The summed E-state index contributed by atoms with van der Waals surface area (Å²) in [7, 11) is 0. The molecule has 1 aliphatic carbocycles. The van der Waals surface area contributed by atoms with E-state index in [1.807, 2.05) is 5.38 Å². The first-order valence-corrected chi connectivity index (χ1v) is 8.81. The molecule has 1 amide bonds. The Morgan fingerprint density at radius 1 is 1.47 bits per heavy atom. The van der Waals surface area contributed by atoms with Gasteiger partial charge in [0.05, 0.1) is 6.54 Å². The number of fused-ring (bicyclic) bond motifs is 1. The molecule has 0 radical (unpaired) electrons. The second-order valence-corrected chi connectivity index (χ2v) is 7.36. The Morgan fingerprint density at radius 3 is 3.21 bits per heavy atom. The van der Waals surface area contributed by atoms with E-state index in [1.165, 1.54) is 37.0 Å². The largest absolute Gasteiger partial charge is 0.301 e. The Bertz CT molecular complexity index is 422. The van der Waals surface area contributed by atoms with Gasteiger partial charge in [0.15, 0.2) is 5.13 Å². The highest BCUT2D eigenvalue weighted by Crippen LogP contribution is 2.35. The second-order valence-electron chi connectivity index (χ2n) is 5.12. The fraction of sp³-hybridized carbons (Fsp3) is 0.692. The first kappa shape index (κ1) is 13.4. The van der Waals surface area contributed by atoms with Gasteiger partial charge >= 0.3 is 0 Å². The third-order valence-corrected chi connectivity index (χ3v) is 5.96. The third-order valence-electron chi connectivity index (χ3n) is 3.87. The molecular weight excluding hydrogens is 278 g/mol. The van der Waals surface area contributed by atoms with Crippen LogP contribution in [0.2, 0.25) is 0 Å². The topological polar surface area (TPSA) is 45.2 Å². The Hall–Kier alpha value is -0.590. The summed E-state index contributed by atoms with van der Waals surface area (Å²) in [4.78, 5) is 18.5. The minimum Gasteiger partial charge on any atom is -0.301 e. The number of rotatable bonds is 3. The summed E-state index contributed by atoms with van der Waals surface area (Å²) in [5, 5.41) is 6.21. The molecule has 1 saturated heterocycles. The zero-order chi connectivity index (χ0) is 13.1. The molecule has 0 spiro atoms. The third kappa shape index (κ3) is 3.30. The summed E-state index contributed by atoms with van der Waals surface area (Å²) >= 11 is 3.57. The smallest absolute Gasteiger partial charge is 0.240 e. The average Bonchev–Trinajstić information content (AvgIpc) is 2.92. The fourth-order valence-corrected chi connectivity index (χ4v) is 5.05. The molecule has 2 aliphatic rings. The zero-order valence-electron chi connectivity index (χ0n) is 10.9. The van der Waals surface area contributed by atoms with Crippen LogP contribution in [0, 0.1) is 0 Å². The van der Waals surface area contributed by atoms with Crippen molar-refractivity contribution in [1.82, 2.24) is 9.88 Å². The number of thiazole rings is 1. The van der Waals surface area contributed by atoms with E-state index >= 15 is 0 Å². The number of amides is 1. The van der Waals surface area contributed by atoms with Gasteiger partial charge in [-0.15, -0.1) is 11.3 Å². The lowest BCUT2D eigenvalue weighted by atomic mass is 9.93. The van der Waals surface area contributed by atoms with Crippen LogP contribution < -0.4 is 5.32 Å². The van der Waals surface area contributed by atoms with Crippen LogP contribution >= 0.6 is 23.1 Å². The molecule has 4 nitrogen and oxygen atoms in total. The molecule has 1 N–H and O–H groups in total. The Kier molecular flexibility index (Phi) is 4.40. The molecule has 1 aromatic rings. The number of nitrogens with zero attached hydrogens (tertiary/aromatic N) is 2. The minimum atomic E-state index is 0.0752. The molecule has 3 rings (SSSR count). The van der Waals surface area contributed by atoms with Gasteiger partial charge in [0.2, 0.25) is 5.91 Å². The molecule has 1 saturated carbocycles. The molecule has 2 fully saturated rings. The van der Waals surface area contributed by atoms with Crippen LogP contribution in [0.15, 0.2) is 11.6 Å². The SMILES string of the molecule is O=C(CN1CCS[C@@H]2CCCC[C@@H]21)Nc1nccs1. The number of aromatic nitrogens is 1. The number of carbonyl (C=O) groups excluding carboxylic acids is 1. The van der Waals surface area contributed by atoms with Crippen molar-refractivity contribution >= 4 is 34.1 Å². The Labute approximate surface area is 122 Å². The molecular formula is C13H19N3OS2. The van der Waals surface area contributed by atoms with Crippen molar-refractivity contribution < 1.29 is 4.79 Å². The predicted molar refractivity (Wildman–Crippen MR) is 80.8 cm³/mol. The van der Waals surface area contributed by atoms with E-state index in [0.29, 0.717) is 17.7 Å². The van der Waals surface area contributed by atoms with E-state index in [2.05, 4.69) is 27.0 Å². The summed E-state index contributed by atoms with van der Waals surface area (Å²) in [5.74, 6) is 1.23. The monoisotopic (exact) mass is 297 g/mol. The zero-order valence-corrected chi connectivity index (χ0v) is 12.5. The van der Waals surface area contributed by atoms with Crippen LogP contribution in [0.3, 0.4) is 0 Å². The number of carbonyl (C=O) groups is 1. The molecule has 0 aromatic carbocycles. The highest BCUT2D eigenvalue weighted by molar-refractivity contribution is 8.00. The van der Waals surface area contributed by atoms with Crippen LogP contribution in [-0.4, -0.2) is 45.9 Å². The van der Waals surface area contributed by atoms with Crippen molar-refractivity contribution in [2.45, 2.75) is 37.0 Å². The van der Waals surface area contributed by atoms with Gasteiger partial charge in [-0.25, -0.2) is 4.98 Å². The summed E-state index contributed by atoms with van der Waals surface area (Å²) in [5.41, 5.74) is 0. The highest BCUT2D eigenvalue weighted by atomic mass is 32.2. The number of nitrogens with one attached hydrogen (secondary N) is 1. The fourth-order valence-electron chi connectivity index (χ4n) is 3.00. The van der Waals surface area contributed by atoms with Gasteiger partial charge in [-0.05, 0) is 12.8 Å². The van der Waals surface area contributed by atoms with Gasteiger partial charge in [-0.2, -0.15) is 11.8 Å². The molecule has 104 valence electrons. The average molecular weight is 297 g/mol. The highest BCUT2D eigenvalue weighted by Gasteiger charge is 2.34. The van der Waals surface area contributed by atoms with Gasteiger partial charge in [-0.1, -0.05) is 12.8 Å². The lowest BCUT2D eigenvalue weighted by Crippen LogP contribution is -2.51. The second kappa shape index (κ2) is 6.24.